The minimum Gasteiger partial charge on any atom is -0.464 e. The highest BCUT2D eigenvalue weighted by Crippen LogP contribution is 2.37. The third kappa shape index (κ3) is 3.71. The lowest BCUT2D eigenvalue weighted by Gasteiger charge is -2.18. The van der Waals surface area contributed by atoms with Gasteiger partial charge in [0.15, 0.2) is 0 Å². The highest BCUT2D eigenvalue weighted by Gasteiger charge is 2.28. The quantitative estimate of drug-likeness (QED) is 0.468. The topological polar surface area (TPSA) is 94.7 Å². The van der Waals surface area contributed by atoms with E-state index < -0.39 is 0 Å². The number of nitrogens with zero attached hydrogens (tertiary/aromatic N) is 2. The number of aromatic nitrogens is 1. The molecule has 0 bridgehead atoms. The van der Waals surface area contributed by atoms with Gasteiger partial charge in [-0.25, -0.2) is 4.98 Å². The van der Waals surface area contributed by atoms with Crippen LogP contribution in [0.2, 0.25) is 0 Å². The molecule has 1 amide bonds. The van der Waals surface area contributed by atoms with Gasteiger partial charge in [-0.05, 0) is 50.6 Å². The summed E-state index contributed by atoms with van der Waals surface area (Å²) in [6, 6.07) is 9.23. The Morgan fingerprint density at radius 3 is 2.53 bits per heavy atom. The summed E-state index contributed by atoms with van der Waals surface area (Å²) in [6.45, 7) is 6.22. The molecular formula is C22H23N3O4S. The summed E-state index contributed by atoms with van der Waals surface area (Å²) >= 11 is 1.28. The number of aryl methyl sites for hydroxylation is 3. The van der Waals surface area contributed by atoms with Gasteiger partial charge >= 0.3 is 0 Å². The van der Waals surface area contributed by atoms with Gasteiger partial charge in [0, 0.05) is 24.3 Å². The molecule has 0 aliphatic heterocycles. The van der Waals surface area contributed by atoms with E-state index in [0.717, 1.165) is 22.4 Å². The normalized spacial score (nSPS) is 11.3. The Morgan fingerprint density at radius 1 is 1.17 bits per heavy atom. The molecule has 8 heteroatoms. The van der Waals surface area contributed by atoms with Crippen LogP contribution in [0, 0.1) is 20.8 Å². The van der Waals surface area contributed by atoms with Crippen LogP contribution in [0.25, 0.3) is 10.2 Å². The van der Waals surface area contributed by atoms with Crippen LogP contribution < -0.4 is 10.6 Å². The third-order valence-electron chi connectivity index (χ3n) is 4.75. The standard InChI is InChI=1S/C22H23N3O4S/c1-12-9-15(11-27-4)18-19(23)20(30-21(18)24-12)22(26)25(17-8-6-14(3)29-17)10-16-7-5-13(2)28-16/h5-9H,10-11,23H2,1-4H3. The molecule has 2 N–H and O–H groups in total. The van der Waals surface area contributed by atoms with Crippen LogP contribution in [0.15, 0.2) is 39.2 Å². The minimum absolute atomic E-state index is 0.227. The van der Waals surface area contributed by atoms with Crippen LogP contribution in [0.1, 0.15) is 38.2 Å². The number of hydrogen-bond acceptors (Lipinski definition) is 7. The molecule has 0 radical (unpaired) electrons. The number of rotatable bonds is 6. The van der Waals surface area contributed by atoms with E-state index in [0.29, 0.717) is 39.4 Å². The highest BCUT2D eigenvalue weighted by atomic mass is 32.1. The summed E-state index contributed by atoms with van der Waals surface area (Å²) in [5.74, 6) is 2.31. The van der Waals surface area contributed by atoms with E-state index >= 15 is 0 Å². The largest absolute Gasteiger partial charge is 0.464 e. The predicted octanol–water partition coefficient (Wildman–Crippen LogP) is 4.98. The second kappa shape index (κ2) is 7.97. The molecule has 0 atom stereocenters. The van der Waals surface area contributed by atoms with Crippen molar-refractivity contribution >= 4 is 39.0 Å². The Labute approximate surface area is 178 Å². The van der Waals surface area contributed by atoms with Crippen molar-refractivity contribution in [3.63, 3.8) is 0 Å². The zero-order chi connectivity index (χ0) is 21.4. The third-order valence-corrected chi connectivity index (χ3v) is 5.84. The number of hydrogen-bond donors (Lipinski definition) is 1. The number of ether oxygens (including phenoxy) is 1. The number of thiophene rings is 1. The molecule has 0 saturated heterocycles. The molecular weight excluding hydrogens is 402 g/mol. The summed E-state index contributed by atoms with van der Waals surface area (Å²) in [5.41, 5.74) is 8.62. The van der Waals surface area contributed by atoms with Crippen molar-refractivity contribution in [3.05, 3.63) is 63.7 Å². The first kappa shape index (κ1) is 20.2. The molecule has 0 spiro atoms. The van der Waals surface area contributed by atoms with Gasteiger partial charge in [-0.15, -0.1) is 11.3 Å². The molecule has 4 aromatic rings. The molecule has 30 heavy (non-hydrogen) atoms. The van der Waals surface area contributed by atoms with Gasteiger partial charge in [-0.2, -0.15) is 0 Å². The second-order valence-corrected chi connectivity index (χ2v) is 8.17. The van der Waals surface area contributed by atoms with Gasteiger partial charge < -0.3 is 19.3 Å². The first-order valence-electron chi connectivity index (χ1n) is 9.48. The van der Waals surface area contributed by atoms with Crippen LogP contribution in [0.3, 0.4) is 0 Å². The highest BCUT2D eigenvalue weighted by molar-refractivity contribution is 7.21. The first-order valence-corrected chi connectivity index (χ1v) is 10.3. The number of methoxy groups -OCH3 is 1. The predicted molar refractivity (Wildman–Crippen MR) is 117 cm³/mol. The number of carbonyl (C=O) groups is 1. The van der Waals surface area contributed by atoms with Gasteiger partial charge in [0.2, 0.25) is 5.88 Å². The van der Waals surface area contributed by atoms with Crippen LogP contribution in [0.4, 0.5) is 11.6 Å². The minimum atomic E-state index is -0.264. The van der Waals surface area contributed by atoms with Crippen molar-refractivity contribution in [3.8, 4) is 0 Å². The lowest BCUT2D eigenvalue weighted by atomic mass is 10.1. The summed E-state index contributed by atoms with van der Waals surface area (Å²) in [4.78, 5) is 20.8. The second-order valence-electron chi connectivity index (χ2n) is 7.17. The average Bonchev–Trinajstić information content (AvgIpc) is 3.39. The number of anilines is 2. The molecule has 7 nitrogen and oxygen atoms in total. The lowest BCUT2D eigenvalue weighted by molar-refractivity contribution is 0.0983. The van der Waals surface area contributed by atoms with Gasteiger partial charge in [0.25, 0.3) is 5.91 Å². The number of pyridine rings is 1. The fraction of sp³-hybridized carbons (Fsp3) is 0.273. The molecule has 4 rings (SSSR count). The molecule has 0 saturated carbocycles. The zero-order valence-electron chi connectivity index (χ0n) is 17.3. The van der Waals surface area contributed by atoms with E-state index in [9.17, 15) is 4.79 Å². The Balaban J connectivity index is 1.80. The summed E-state index contributed by atoms with van der Waals surface area (Å²) < 4.78 is 16.8. The van der Waals surface area contributed by atoms with Crippen LogP contribution in [-0.4, -0.2) is 18.0 Å². The number of nitrogens with two attached hydrogens (primary N) is 1. The number of nitrogen functional groups attached to an aromatic ring is 1. The molecule has 0 aliphatic rings. The number of furan rings is 2. The van der Waals surface area contributed by atoms with Crippen molar-refractivity contribution in [2.45, 2.75) is 33.9 Å². The molecule has 0 unspecified atom stereocenters. The Hall–Kier alpha value is -3.10. The maximum atomic E-state index is 13.6. The van der Waals surface area contributed by atoms with Gasteiger partial charge in [0.05, 0.1) is 18.8 Å². The van der Waals surface area contributed by atoms with Crippen LogP contribution in [-0.2, 0) is 17.9 Å². The van der Waals surface area contributed by atoms with Gasteiger partial charge in [-0.3, -0.25) is 9.69 Å². The Morgan fingerprint density at radius 2 is 1.90 bits per heavy atom. The monoisotopic (exact) mass is 425 g/mol. The van der Waals surface area contributed by atoms with Crippen LogP contribution in [0.5, 0.6) is 0 Å². The first-order chi connectivity index (χ1) is 14.4. The smallest absolute Gasteiger partial charge is 0.273 e. The molecule has 4 aromatic heterocycles. The maximum absolute atomic E-state index is 13.6. The number of fused-ring (bicyclic) bond motifs is 1. The average molecular weight is 426 g/mol. The fourth-order valence-electron chi connectivity index (χ4n) is 3.43. The molecule has 0 aliphatic carbocycles. The van der Waals surface area contributed by atoms with Gasteiger partial charge in [-0.1, -0.05) is 0 Å². The van der Waals surface area contributed by atoms with E-state index in [2.05, 4.69) is 4.98 Å². The summed E-state index contributed by atoms with van der Waals surface area (Å²) in [7, 11) is 1.63. The van der Waals surface area contributed by atoms with Crippen molar-refractivity contribution < 1.29 is 18.4 Å². The zero-order valence-corrected chi connectivity index (χ0v) is 18.1. The lowest BCUT2D eigenvalue weighted by Crippen LogP contribution is -2.29. The van der Waals surface area contributed by atoms with E-state index in [-0.39, 0.29) is 12.5 Å². The molecule has 156 valence electrons. The van der Waals surface area contributed by atoms with Gasteiger partial charge in [0.1, 0.15) is 27.0 Å². The maximum Gasteiger partial charge on any atom is 0.273 e. The van der Waals surface area contributed by atoms with Crippen molar-refractivity contribution in [1.29, 1.82) is 0 Å². The van der Waals surface area contributed by atoms with Crippen molar-refractivity contribution in [1.82, 2.24) is 4.98 Å². The SMILES string of the molecule is COCc1cc(C)nc2sc(C(=O)N(Cc3ccc(C)o3)c3ccc(C)o3)c(N)c12. The summed E-state index contributed by atoms with van der Waals surface area (Å²) in [6.07, 6.45) is 0. The molecule has 0 fully saturated rings. The molecule has 4 heterocycles. The van der Waals surface area contributed by atoms with E-state index in [1.807, 2.05) is 45.0 Å². The Bertz CT molecular complexity index is 1220. The Kier molecular flexibility index (Phi) is 5.36. The summed E-state index contributed by atoms with van der Waals surface area (Å²) in [5, 5.41) is 0.764. The van der Waals surface area contributed by atoms with Crippen LogP contribution >= 0.6 is 11.3 Å². The number of carbonyl (C=O) groups excluding carboxylic acids is 1. The number of amides is 1. The van der Waals surface area contributed by atoms with E-state index in [1.54, 1.807) is 13.2 Å². The molecule has 0 aromatic carbocycles. The van der Waals surface area contributed by atoms with Crippen molar-refractivity contribution in [2.75, 3.05) is 17.7 Å². The fourth-order valence-corrected chi connectivity index (χ4v) is 4.57. The van der Waals surface area contributed by atoms with Crippen molar-refractivity contribution in [2.24, 2.45) is 0 Å². The van der Waals surface area contributed by atoms with E-state index in [4.69, 9.17) is 19.3 Å². The van der Waals surface area contributed by atoms with E-state index in [1.165, 1.54) is 16.2 Å².